The van der Waals surface area contributed by atoms with E-state index in [2.05, 4.69) is 13.2 Å². The molecule has 0 radical (unpaired) electrons. The monoisotopic (exact) mass is 222 g/mol. The Labute approximate surface area is 96.1 Å². The number of hydrogen-bond donors (Lipinski definition) is 0. The van der Waals surface area contributed by atoms with Crippen molar-refractivity contribution in [3.05, 3.63) is 25.3 Å². The molecule has 0 aromatic carbocycles. The van der Waals surface area contributed by atoms with Gasteiger partial charge in [0.1, 0.15) is 11.7 Å². The van der Waals surface area contributed by atoms with Crippen LogP contribution in [0, 0.1) is 5.92 Å². The highest BCUT2D eigenvalue weighted by Crippen LogP contribution is 2.50. The number of rotatable bonds is 7. The summed E-state index contributed by atoms with van der Waals surface area (Å²) in [5.41, 5.74) is -0.195. The van der Waals surface area contributed by atoms with Crippen LogP contribution in [-0.4, -0.2) is 37.1 Å². The normalized spacial score (nSPS) is 45.9. The highest BCUT2D eigenvalue weighted by molar-refractivity contribution is 5.23. The maximum atomic E-state index is 5.78. The maximum Gasteiger partial charge on any atom is 0.120 e. The van der Waals surface area contributed by atoms with Crippen molar-refractivity contribution in [3.8, 4) is 0 Å². The predicted molar refractivity (Wildman–Crippen MR) is 60.2 cm³/mol. The van der Waals surface area contributed by atoms with Gasteiger partial charge in [0.05, 0.1) is 25.4 Å². The van der Waals surface area contributed by atoms with E-state index in [1.165, 1.54) is 0 Å². The minimum absolute atomic E-state index is 0.132. The van der Waals surface area contributed by atoms with E-state index in [1.54, 1.807) is 0 Å². The van der Waals surface area contributed by atoms with Gasteiger partial charge in [-0.05, 0) is 18.8 Å². The molecule has 0 aliphatic carbocycles. The van der Waals surface area contributed by atoms with Crippen LogP contribution in [0.2, 0.25) is 0 Å². The van der Waals surface area contributed by atoms with E-state index in [1.807, 2.05) is 12.2 Å². The third-order valence-corrected chi connectivity index (χ3v) is 3.79. The lowest BCUT2D eigenvalue weighted by Gasteiger charge is -2.20. The van der Waals surface area contributed by atoms with Gasteiger partial charge in [-0.15, -0.1) is 13.2 Å². The molecule has 3 aliphatic heterocycles. The van der Waals surface area contributed by atoms with Gasteiger partial charge in [-0.3, -0.25) is 0 Å². The number of epoxide rings is 3. The molecule has 3 heteroatoms. The van der Waals surface area contributed by atoms with Crippen LogP contribution in [0.1, 0.15) is 12.8 Å². The second-order valence-electron chi connectivity index (χ2n) is 4.91. The smallest absolute Gasteiger partial charge is 0.120 e. The Morgan fingerprint density at radius 3 is 2.06 bits per heavy atom. The molecular weight excluding hydrogens is 204 g/mol. The Bertz CT molecular complexity index is 292. The van der Waals surface area contributed by atoms with E-state index in [0.29, 0.717) is 18.1 Å². The zero-order valence-electron chi connectivity index (χ0n) is 9.43. The molecule has 4 atom stereocenters. The van der Waals surface area contributed by atoms with Crippen LogP contribution in [0.4, 0.5) is 0 Å². The summed E-state index contributed by atoms with van der Waals surface area (Å²) in [5.74, 6) is 0.452. The first-order valence-corrected chi connectivity index (χ1v) is 5.95. The summed E-state index contributed by atoms with van der Waals surface area (Å²) in [5, 5.41) is 0. The van der Waals surface area contributed by atoms with Crippen molar-refractivity contribution in [1.29, 1.82) is 0 Å². The van der Waals surface area contributed by atoms with Gasteiger partial charge in [0.25, 0.3) is 0 Å². The van der Waals surface area contributed by atoms with Crippen LogP contribution in [0.15, 0.2) is 25.3 Å². The van der Waals surface area contributed by atoms with Gasteiger partial charge in [0, 0.05) is 0 Å². The molecule has 3 rings (SSSR count). The summed E-state index contributed by atoms with van der Waals surface area (Å²) in [7, 11) is 0. The lowest BCUT2D eigenvalue weighted by Crippen LogP contribution is -2.27. The third-order valence-electron chi connectivity index (χ3n) is 3.79. The summed E-state index contributed by atoms with van der Waals surface area (Å²) in [6.07, 6.45) is 6.90. The van der Waals surface area contributed by atoms with Gasteiger partial charge >= 0.3 is 0 Å². The molecule has 0 aromatic rings. The zero-order valence-corrected chi connectivity index (χ0v) is 9.43. The van der Waals surface area contributed by atoms with Gasteiger partial charge in [-0.25, -0.2) is 0 Å². The first-order chi connectivity index (χ1) is 7.78. The van der Waals surface area contributed by atoms with Crippen LogP contribution in [0.25, 0.3) is 0 Å². The van der Waals surface area contributed by atoms with Crippen LogP contribution < -0.4 is 0 Å². The SMILES string of the molecule is C=CC1OC1(C=C)C(CC1CO1)CC1CO1. The minimum Gasteiger partial charge on any atom is -0.373 e. The molecule has 0 aromatic heterocycles. The predicted octanol–water partition coefficient (Wildman–Crippen LogP) is 1.69. The molecule has 3 aliphatic rings. The fraction of sp³-hybridized carbons (Fsp3) is 0.692. The quantitative estimate of drug-likeness (QED) is 0.486. The van der Waals surface area contributed by atoms with Crippen molar-refractivity contribution in [2.75, 3.05) is 13.2 Å². The molecule has 0 N–H and O–H groups in total. The first kappa shape index (κ1) is 10.5. The van der Waals surface area contributed by atoms with E-state index < -0.39 is 0 Å². The van der Waals surface area contributed by atoms with Crippen LogP contribution in [0.5, 0.6) is 0 Å². The Balaban J connectivity index is 1.69. The largest absolute Gasteiger partial charge is 0.373 e. The molecule has 16 heavy (non-hydrogen) atoms. The molecule has 3 fully saturated rings. The fourth-order valence-electron chi connectivity index (χ4n) is 2.59. The number of ether oxygens (including phenoxy) is 3. The van der Waals surface area contributed by atoms with Crippen LogP contribution in [0.3, 0.4) is 0 Å². The maximum absolute atomic E-state index is 5.78. The average molecular weight is 222 g/mol. The first-order valence-electron chi connectivity index (χ1n) is 5.95. The lowest BCUT2D eigenvalue weighted by molar-refractivity contribution is 0.207. The molecule has 0 spiro atoms. The van der Waals surface area contributed by atoms with Crippen molar-refractivity contribution in [3.63, 3.8) is 0 Å². The Kier molecular flexibility index (Phi) is 2.42. The summed E-state index contributed by atoms with van der Waals surface area (Å²) in [6, 6.07) is 0. The van der Waals surface area contributed by atoms with Crippen LogP contribution >= 0.6 is 0 Å². The standard InChI is InChI=1S/C13H18O3/c1-3-12-13(4-2,16-12)9(5-10-7-14-10)6-11-8-15-11/h3-4,9-12H,1-2,5-8H2. The van der Waals surface area contributed by atoms with E-state index in [4.69, 9.17) is 14.2 Å². The summed E-state index contributed by atoms with van der Waals surface area (Å²) in [6.45, 7) is 9.51. The third kappa shape index (κ3) is 1.83. The molecule has 3 heterocycles. The highest BCUT2D eigenvalue weighted by atomic mass is 16.6. The second-order valence-corrected chi connectivity index (χ2v) is 4.91. The molecule has 88 valence electrons. The van der Waals surface area contributed by atoms with E-state index in [9.17, 15) is 0 Å². The van der Waals surface area contributed by atoms with Crippen molar-refractivity contribution in [2.24, 2.45) is 5.92 Å². The summed E-state index contributed by atoms with van der Waals surface area (Å²) in [4.78, 5) is 0. The second kappa shape index (κ2) is 3.69. The van der Waals surface area contributed by atoms with E-state index >= 15 is 0 Å². The Hall–Kier alpha value is -0.640. The van der Waals surface area contributed by atoms with Crippen molar-refractivity contribution < 1.29 is 14.2 Å². The van der Waals surface area contributed by atoms with Crippen molar-refractivity contribution >= 4 is 0 Å². The molecular formula is C13H18O3. The van der Waals surface area contributed by atoms with Crippen molar-refractivity contribution in [1.82, 2.24) is 0 Å². The minimum atomic E-state index is -0.195. The Morgan fingerprint density at radius 2 is 1.75 bits per heavy atom. The van der Waals surface area contributed by atoms with Crippen LogP contribution in [-0.2, 0) is 14.2 Å². The summed E-state index contributed by atoms with van der Waals surface area (Å²) >= 11 is 0. The van der Waals surface area contributed by atoms with Gasteiger partial charge in [0.15, 0.2) is 0 Å². The van der Waals surface area contributed by atoms with Gasteiger partial charge in [0.2, 0.25) is 0 Å². The highest BCUT2D eigenvalue weighted by Gasteiger charge is 2.59. The number of hydrogen-bond acceptors (Lipinski definition) is 3. The average Bonchev–Trinajstić information content (AvgIpc) is 3.09. The zero-order chi connectivity index (χ0) is 11.2. The van der Waals surface area contributed by atoms with Crippen molar-refractivity contribution in [2.45, 2.75) is 36.8 Å². The molecule has 0 amide bonds. The fourth-order valence-corrected chi connectivity index (χ4v) is 2.59. The van der Waals surface area contributed by atoms with Gasteiger partial charge < -0.3 is 14.2 Å². The molecule has 4 unspecified atom stereocenters. The van der Waals surface area contributed by atoms with E-state index in [-0.39, 0.29) is 11.7 Å². The molecule has 0 bridgehead atoms. The topological polar surface area (TPSA) is 37.6 Å². The molecule has 0 saturated carbocycles. The van der Waals surface area contributed by atoms with E-state index in [0.717, 1.165) is 26.1 Å². The molecule has 3 saturated heterocycles. The Morgan fingerprint density at radius 1 is 1.19 bits per heavy atom. The molecule has 3 nitrogen and oxygen atoms in total. The van der Waals surface area contributed by atoms with Gasteiger partial charge in [-0.2, -0.15) is 0 Å². The summed E-state index contributed by atoms with van der Waals surface area (Å²) < 4.78 is 16.4. The van der Waals surface area contributed by atoms with Gasteiger partial charge in [-0.1, -0.05) is 12.2 Å². The lowest BCUT2D eigenvalue weighted by atomic mass is 9.82.